The number of quaternary nitrogens is 1. The third-order valence-corrected chi connectivity index (χ3v) is 6.11. The monoisotopic (exact) mass is 527 g/mol. The van der Waals surface area contributed by atoms with Crippen molar-refractivity contribution in [1.82, 2.24) is 0 Å². The average molecular weight is 527 g/mol. The minimum atomic E-state index is -0.260. The Labute approximate surface area is 193 Å². The van der Waals surface area contributed by atoms with Crippen LogP contribution in [-0.2, 0) is 17.6 Å². The van der Waals surface area contributed by atoms with Gasteiger partial charge in [0.1, 0.15) is 17.6 Å². The fourth-order valence-electron chi connectivity index (χ4n) is 4.37. The predicted molar refractivity (Wildman–Crippen MR) is 107 cm³/mol. The predicted octanol–water partition coefficient (Wildman–Crippen LogP) is 0.833. The number of nitrogens with zero attached hydrogens (tertiary/aromatic N) is 1. The molecule has 30 heavy (non-hydrogen) atoms. The second-order valence-corrected chi connectivity index (χ2v) is 8.35. The Bertz CT molecular complexity index is 930. The van der Waals surface area contributed by atoms with E-state index in [4.69, 9.17) is 14.2 Å². The molecule has 0 fully saturated rings. The van der Waals surface area contributed by atoms with Crippen LogP contribution in [0.15, 0.2) is 30.3 Å². The van der Waals surface area contributed by atoms with Gasteiger partial charge in [-0.2, -0.15) is 0 Å². The minimum Gasteiger partial charge on any atom is -1.00 e. The highest BCUT2D eigenvalue weighted by Gasteiger charge is 2.42. The Balaban J connectivity index is 0.00000256. The van der Waals surface area contributed by atoms with Crippen molar-refractivity contribution in [2.24, 2.45) is 0 Å². The molecule has 2 aromatic carbocycles. The zero-order valence-electron chi connectivity index (χ0n) is 17.5. The van der Waals surface area contributed by atoms with Gasteiger partial charge in [0.25, 0.3) is 0 Å². The molecule has 0 amide bonds. The number of aryl methyl sites for hydroxylation is 1. The van der Waals surface area contributed by atoms with Gasteiger partial charge in [0.2, 0.25) is 12.5 Å². The molecule has 162 valence electrons. The average Bonchev–Trinajstić information content (AvgIpc) is 3.16. The number of likely N-dealkylation sites (N-methyl/N-ethyl adjacent to an activating group) is 1. The summed E-state index contributed by atoms with van der Waals surface area (Å²) in [5, 5.41) is 0. The number of hydrogen-bond donors (Lipinski definition) is 0. The topological polar surface area (TPSA) is 44.8 Å². The van der Waals surface area contributed by atoms with Crippen LogP contribution in [0, 0.1) is 5.82 Å². The largest absolute Gasteiger partial charge is 1.00 e. The van der Waals surface area contributed by atoms with Crippen molar-refractivity contribution in [3.05, 3.63) is 52.8 Å². The molecule has 0 aromatic heterocycles. The highest BCUT2D eigenvalue weighted by molar-refractivity contribution is 5.80. The lowest BCUT2D eigenvalue weighted by Gasteiger charge is -2.43. The maximum absolute atomic E-state index is 13.1. The SMILES string of the molecule is COc1c2c(cc3c1C(CC(=O)CCc1ccc(F)cc1)[N+](C)(C)CC3)OCO2.[I-]. The van der Waals surface area contributed by atoms with Gasteiger partial charge in [0.05, 0.1) is 39.7 Å². The van der Waals surface area contributed by atoms with E-state index in [0.717, 1.165) is 24.1 Å². The van der Waals surface area contributed by atoms with E-state index in [1.54, 1.807) is 19.2 Å². The first-order valence-corrected chi connectivity index (χ1v) is 9.97. The van der Waals surface area contributed by atoms with Gasteiger partial charge < -0.3 is 42.7 Å². The Kier molecular flexibility index (Phi) is 6.91. The van der Waals surface area contributed by atoms with Gasteiger partial charge in [-0.1, -0.05) is 12.1 Å². The first kappa shape index (κ1) is 22.8. The molecule has 7 heteroatoms. The first-order valence-electron chi connectivity index (χ1n) is 9.97. The van der Waals surface area contributed by atoms with Crippen molar-refractivity contribution in [3.63, 3.8) is 0 Å². The standard InChI is InChI=1S/C23H27FNO4.HI/c1-25(2)11-10-16-12-20-22(29-14-28-20)23(27-3)21(16)19(25)13-18(26)9-6-15-4-7-17(24)8-5-15;/h4-5,7-8,12,19H,6,9-11,13-14H2,1-3H3;1H/q+1;/p-1. The molecule has 4 rings (SSSR count). The molecule has 0 saturated carbocycles. The molecular formula is C23H27FINO4. The van der Waals surface area contributed by atoms with Gasteiger partial charge in [-0.15, -0.1) is 0 Å². The number of methoxy groups -OCH3 is 1. The third kappa shape index (κ3) is 4.42. The summed E-state index contributed by atoms with van der Waals surface area (Å²) in [6, 6.07) is 8.37. The van der Waals surface area contributed by atoms with Crippen LogP contribution in [0.1, 0.15) is 35.6 Å². The molecule has 0 bridgehead atoms. The molecule has 2 heterocycles. The zero-order chi connectivity index (χ0) is 20.6. The summed E-state index contributed by atoms with van der Waals surface area (Å²) in [5.74, 6) is 1.98. The number of Topliss-reactive ketones (excluding diaryl/α,β-unsaturated/α-hetero) is 1. The van der Waals surface area contributed by atoms with Crippen LogP contribution < -0.4 is 38.2 Å². The molecule has 0 radical (unpaired) electrons. The van der Waals surface area contributed by atoms with Crippen molar-refractivity contribution in [3.8, 4) is 17.2 Å². The molecule has 1 atom stereocenters. The van der Waals surface area contributed by atoms with Gasteiger partial charge in [-0.05, 0) is 35.7 Å². The lowest BCUT2D eigenvalue weighted by Crippen LogP contribution is -3.00. The molecule has 0 N–H and O–H groups in total. The molecule has 2 aromatic rings. The number of hydrogen-bond acceptors (Lipinski definition) is 4. The Hall–Kier alpha value is -1.87. The van der Waals surface area contributed by atoms with Crippen LogP contribution in [0.2, 0.25) is 0 Å². The smallest absolute Gasteiger partial charge is 0.231 e. The van der Waals surface area contributed by atoms with Gasteiger partial charge >= 0.3 is 0 Å². The van der Waals surface area contributed by atoms with Crippen LogP contribution >= 0.6 is 0 Å². The fraction of sp³-hybridized carbons (Fsp3) is 0.435. The summed E-state index contributed by atoms with van der Waals surface area (Å²) >= 11 is 0. The highest BCUT2D eigenvalue weighted by atomic mass is 127. The van der Waals surface area contributed by atoms with E-state index in [-0.39, 0.29) is 48.4 Å². The van der Waals surface area contributed by atoms with Crippen LogP contribution in [0.25, 0.3) is 0 Å². The van der Waals surface area contributed by atoms with Crippen molar-refractivity contribution in [1.29, 1.82) is 0 Å². The first-order chi connectivity index (χ1) is 13.9. The van der Waals surface area contributed by atoms with Crippen LogP contribution in [0.4, 0.5) is 4.39 Å². The number of benzene rings is 2. The lowest BCUT2D eigenvalue weighted by molar-refractivity contribution is -0.922. The zero-order valence-corrected chi connectivity index (χ0v) is 19.7. The summed E-state index contributed by atoms with van der Waals surface area (Å²) in [4.78, 5) is 12.9. The van der Waals surface area contributed by atoms with Gasteiger partial charge in [0, 0.05) is 12.8 Å². The normalized spacial score (nSPS) is 18.3. The molecule has 0 aliphatic carbocycles. The van der Waals surface area contributed by atoms with E-state index in [9.17, 15) is 9.18 Å². The third-order valence-electron chi connectivity index (χ3n) is 6.11. The van der Waals surface area contributed by atoms with Crippen molar-refractivity contribution >= 4 is 5.78 Å². The number of ether oxygens (including phenoxy) is 3. The molecular weight excluding hydrogens is 500 g/mol. The van der Waals surface area contributed by atoms with Gasteiger partial charge in [-0.3, -0.25) is 4.79 Å². The summed E-state index contributed by atoms with van der Waals surface area (Å²) in [7, 11) is 5.95. The quantitative estimate of drug-likeness (QED) is 0.413. The Morgan fingerprint density at radius 3 is 2.67 bits per heavy atom. The fourth-order valence-corrected chi connectivity index (χ4v) is 4.37. The van der Waals surface area contributed by atoms with Crippen LogP contribution in [-0.4, -0.2) is 44.8 Å². The summed E-state index contributed by atoms with van der Waals surface area (Å²) < 4.78 is 30.8. The van der Waals surface area contributed by atoms with Crippen molar-refractivity contribution in [2.75, 3.05) is 34.5 Å². The Morgan fingerprint density at radius 1 is 1.23 bits per heavy atom. The minimum absolute atomic E-state index is 0. The maximum atomic E-state index is 13.1. The van der Waals surface area contributed by atoms with Gasteiger partial charge in [-0.25, -0.2) is 4.39 Å². The molecule has 2 aliphatic heterocycles. The van der Waals surface area contributed by atoms with Crippen molar-refractivity contribution < 1.29 is 51.9 Å². The highest BCUT2D eigenvalue weighted by Crippen LogP contribution is 2.51. The van der Waals surface area contributed by atoms with E-state index in [0.29, 0.717) is 41.0 Å². The van der Waals surface area contributed by atoms with Gasteiger partial charge in [0.15, 0.2) is 11.5 Å². The Morgan fingerprint density at radius 2 is 1.97 bits per heavy atom. The van der Waals surface area contributed by atoms with E-state index >= 15 is 0 Å². The number of halogens is 2. The number of fused-ring (bicyclic) bond motifs is 2. The molecule has 2 aliphatic rings. The lowest BCUT2D eigenvalue weighted by atomic mass is 9.86. The van der Waals surface area contributed by atoms with E-state index in [1.807, 2.05) is 6.07 Å². The molecule has 1 unspecified atom stereocenters. The van der Waals surface area contributed by atoms with Crippen LogP contribution in [0.5, 0.6) is 17.2 Å². The van der Waals surface area contributed by atoms with Crippen molar-refractivity contribution in [2.45, 2.75) is 31.7 Å². The molecule has 0 saturated heterocycles. The molecule has 5 nitrogen and oxygen atoms in total. The summed E-state index contributed by atoms with van der Waals surface area (Å²) in [6.07, 6.45) is 2.38. The molecule has 0 spiro atoms. The summed E-state index contributed by atoms with van der Waals surface area (Å²) in [6.45, 7) is 1.12. The number of carbonyl (C=O) groups excluding carboxylic acids is 1. The number of ketones is 1. The second kappa shape index (κ2) is 9.09. The number of carbonyl (C=O) groups is 1. The van der Waals surface area contributed by atoms with Crippen LogP contribution in [0.3, 0.4) is 0 Å². The second-order valence-electron chi connectivity index (χ2n) is 8.35. The van der Waals surface area contributed by atoms with E-state index in [2.05, 4.69) is 14.1 Å². The maximum Gasteiger partial charge on any atom is 0.231 e. The van der Waals surface area contributed by atoms with E-state index < -0.39 is 0 Å². The number of rotatable bonds is 6. The summed E-state index contributed by atoms with van der Waals surface area (Å²) in [5.41, 5.74) is 3.20. The van der Waals surface area contributed by atoms with E-state index in [1.165, 1.54) is 17.7 Å².